The summed E-state index contributed by atoms with van der Waals surface area (Å²) < 4.78 is 10.5. The van der Waals surface area contributed by atoms with Crippen LogP contribution in [0.5, 0.6) is 0 Å². The molecule has 88 valence electrons. The standard InChI is InChI=1S/C7H14O2.C5H8O/c1-8-7(9-2)5-3-4-6-7;6-5-3-1-2-4-5/h3-6H2,1-2H3;1-4H2. The number of hydrogen-bond acceptors (Lipinski definition) is 3. The second-order valence-electron chi connectivity index (χ2n) is 4.27. The first-order chi connectivity index (χ1) is 7.22. The second-order valence-corrected chi connectivity index (χ2v) is 4.27. The highest BCUT2D eigenvalue weighted by atomic mass is 16.7. The second kappa shape index (κ2) is 6.23. The number of Topliss-reactive ketones (excluding diaryl/α,β-unsaturated/α-hetero) is 1. The number of carbonyl (C=O) groups is 1. The first-order valence-corrected chi connectivity index (χ1v) is 5.84. The normalized spacial score (nSPS) is 23.7. The molecule has 0 aliphatic heterocycles. The van der Waals surface area contributed by atoms with Crippen LogP contribution in [0.4, 0.5) is 0 Å². The van der Waals surface area contributed by atoms with Crippen molar-refractivity contribution in [2.45, 2.75) is 57.2 Å². The maximum Gasteiger partial charge on any atom is 0.167 e. The van der Waals surface area contributed by atoms with Crippen molar-refractivity contribution < 1.29 is 14.3 Å². The third-order valence-corrected chi connectivity index (χ3v) is 3.27. The van der Waals surface area contributed by atoms with Crippen LogP contribution in [0.25, 0.3) is 0 Å². The van der Waals surface area contributed by atoms with E-state index in [1.165, 1.54) is 12.8 Å². The molecule has 2 rings (SSSR count). The summed E-state index contributed by atoms with van der Waals surface area (Å²) in [7, 11) is 3.43. The highest BCUT2D eigenvalue weighted by Gasteiger charge is 2.32. The fourth-order valence-electron chi connectivity index (χ4n) is 2.17. The molecular formula is C12H22O3. The minimum absolute atomic E-state index is 0.222. The van der Waals surface area contributed by atoms with Crippen molar-refractivity contribution in [1.29, 1.82) is 0 Å². The SMILES string of the molecule is COC1(OC)CCCC1.O=C1CCCC1. The van der Waals surface area contributed by atoms with E-state index in [-0.39, 0.29) is 5.79 Å². The summed E-state index contributed by atoms with van der Waals surface area (Å²) >= 11 is 0. The third-order valence-electron chi connectivity index (χ3n) is 3.27. The Hall–Kier alpha value is -0.410. The van der Waals surface area contributed by atoms with Gasteiger partial charge in [0.2, 0.25) is 0 Å². The van der Waals surface area contributed by atoms with Gasteiger partial charge in [0.25, 0.3) is 0 Å². The molecule has 3 nitrogen and oxygen atoms in total. The fraction of sp³-hybridized carbons (Fsp3) is 0.917. The van der Waals surface area contributed by atoms with E-state index in [1.54, 1.807) is 14.2 Å². The van der Waals surface area contributed by atoms with Gasteiger partial charge in [-0.05, 0) is 25.7 Å². The van der Waals surface area contributed by atoms with Crippen LogP contribution in [0.15, 0.2) is 0 Å². The molecule has 3 heteroatoms. The van der Waals surface area contributed by atoms with Crippen LogP contribution in [0.2, 0.25) is 0 Å². The van der Waals surface area contributed by atoms with Crippen molar-refractivity contribution in [2.75, 3.05) is 14.2 Å². The van der Waals surface area contributed by atoms with E-state index in [0.717, 1.165) is 38.5 Å². The Labute approximate surface area is 92.1 Å². The van der Waals surface area contributed by atoms with Crippen LogP contribution in [0.1, 0.15) is 51.4 Å². The molecule has 0 spiro atoms. The van der Waals surface area contributed by atoms with E-state index < -0.39 is 0 Å². The lowest BCUT2D eigenvalue weighted by Gasteiger charge is -2.24. The number of methoxy groups -OCH3 is 2. The van der Waals surface area contributed by atoms with Crippen molar-refractivity contribution in [3.05, 3.63) is 0 Å². The molecule has 0 saturated heterocycles. The van der Waals surface area contributed by atoms with Crippen LogP contribution in [-0.4, -0.2) is 25.8 Å². The minimum atomic E-state index is -0.222. The van der Waals surface area contributed by atoms with Gasteiger partial charge in [-0.15, -0.1) is 0 Å². The molecule has 0 amide bonds. The zero-order chi connectivity index (χ0) is 11.1. The molecule has 0 bridgehead atoms. The predicted octanol–water partition coefficient (Wildman–Crippen LogP) is 2.68. The molecule has 2 fully saturated rings. The number of ether oxygens (including phenoxy) is 2. The van der Waals surface area contributed by atoms with Crippen LogP contribution in [0, 0.1) is 0 Å². The van der Waals surface area contributed by atoms with Crippen molar-refractivity contribution in [3.63, 3.8) is 0 Å². The molecule has 2 aliphatic rings. The first-order valence-electron chi connectivity index (χ1n) is 5.84. The average Bonchev–Trinajstić information content (AvgIpc) is 2.90. The van der Waals surface area contributed by atoms with Gasteiger partial charge in [0, 0.05) is 39.9 Å². The minimum Gasteiger partial charge on any atom is -0.353 e. The summed E-state index contributed by atoms with van der Waals surface area (Å²) in [5, 5.41) is 0. The molecule has 0 aromatic carbocycles. The lowest BCUT2D eigenvalue weighted by Crippen LogP contribution is -2.29. The van der Waals surface area contributed by atoms with Crippen molar-refractivity contribution >= 4 is 5.78 Å². The topological polar surface area (TPSA) is 35.5 Å². The third kappa shape index (κ3) is 3.92. The molecule has 0 heterocycles. The molecule has 0 aromatic rings. The molecule has 0 aromatic heterocycles. The monoisotopic (exact) mass is 214 g/mol. The Balaban J connectivity index is 0.000000162. The summed E-state index contributed by atoms with van der Waals surface area (Å²) in [6.45, 7) is 0. The van der Waals surface area contributed by atoms with Gasteiger partial charge in [-0.25, -0.2) is 0 Å². The van der Waals surface area contributed by atoms with Crippen molar-refractivity contribution in [1.82, 2.24) is 0 Å². The molecule has 2 saturated carbocycles. The Bertz CT molecular complexity index is 181. The lowest BCUT2D eigenvalue weighted by atomic mass is 10.2. The summed E-state index contributed by atoms with van der Waals surface area (Å²) in [6, 6.07) is 0. The fourth-order valence-corrected chi connectivity index (χ4v) is 2.17. The zero-order valence-electron chi connectivity index (χ0n) is 9.88. The van der Waals surface area contributed by atoms with Gasteiger partial charge in [-0.1, -0.05) is 0 Å². The van der Waals surface area contributed by atoms with Gasteiger partial charge in [-0.2, -0.15) is 0 Å². The van der Waals surface area contributed by atoms with Crippen LogP contribution < -0.4 is 0 Å². The first kappa shape index (κ1) is 12.7. The predicted molar refractivity (Wildman–Crippen MR) is 58.7 cm³/mol. The Morgan fingerprint density at radius 1 is 0.933 bits per heavy atom. The molecule has 0 N–H and O–H groups in total. The largest absolute Gasteiger partial charge is 0.353 e. The van der Waals surface area contributed by atoms with Crippen molar-refractivity contribution in [2.24, 2.45) is 0 Å². The Kier molecular flexibility index (Phi) is 5.26. The van der Waals surface area contributed by atoms with Crippen LogP contribution >= 0.6 is 0 Å². The van der Waals surface area contributed by atoms with E-state index in [4.69, 9.17) is 9.47 Å². The maximum atomic E-state index is 10.2. The van der Waals surface area contributed by atoms with Crippen LogP contribution in [0.3, 0.4) is 0 Å². The lowest BCUT2D eigenvalue weighted by molar-refractivity contribution is -0.200. The quantitative estimate of drug-likeness (QED) is 0.663. The van der Waals surface area contributed by atoms with E-state index in [0.29, 0.717) is 5.78 Å². The van der Waals surface area contributed by atoms with E-state index in [1.807, 2.05) is 0 Å². The van der Waals surface area contributed by atoms with Gasteiger partial charge >= 0.3 is 0 Å². The Morgan fingerprint density at radius 2 is 1.40 bits per heavy atom. The highest BCUT2D eigenvalue weighted by molar-refractivity contribution is 5.79. The van der Waals surface area contributed by atoms with Gasteiger partial charge in [-0.3, -0.25) is 4.79 Å². The average molecular weight is 214 g/mol. The van der Waals surface area contributed by atoms with Gasteiger partial charge < -0.3 is 9.47 Å². The van der Waals surface area contributed by atoms with Gasteiger partial charge in [0.15, 0.2) is 5.79 Å². The number of carbonyl (C=O) groups excluding carboxylic acids is 1. The summed E-state index contributed by atoms with van der Waals surface area (Å²) in [5.74, 6) is 0.231. The maximum absolute atomic E-state index is 10.2. The van der Waals surface area contributed by atoms with Gasteiger partial charge in [0.1, 0.15) is 5.78 Å². The molecule has 0 unspecified atom stereocenters. The molecule has 15 heavy (non-hydrogen) atoms. The summed E-state index contributed by atoms with van der Waals surface area (Å²) in [4.78, 5) is 10.2. The van der Waals surface area contributed by atoms with E-state index >= 15 is 0 Å². The molecule has 0 atom stereocenters. The summed E-state index contributed by atoms with van der Waals surface area (Å²) in [5.41, 5.74) is 0. The van der Waals surface area contributed by atoms with Crippen LogP contribution in [-0.2, 0) is 14.3 Å². The smallest absolute Gasteiger partial charge is 0.167 e. The number of hydrogen-bond donors (Lipinski definition) is 0. The van der Waals surface area contributed by atoms with E-state index in [2.05, 4.69) is 0 Å². The van der Waals surface area contributed by atoms with Crippen molar-refractivity contribution in [3.8, 4) is 0 Å². The number of ketones is 1. The molecule has 0 radical (unpaired) electrons. The Morgan fingerprint density at radius 3 is 1.60 bits per heavy atom. The van der Waals surface area contributed by atoms with E-state index in [9.17, 15) is 4.79 Å². The molecule has 2 aliphatic carbocycles. The zero-order valence-corrected chi connectivity index (χ0v) is 9.88. The van der Waals surface area contributed by atoms with Gasteiger partial charge in [0.05, 0.1) is 0 Å². The summed E-state index contributed by atoms with van der Waals surface area (Å²) in [6.07, 6.45) is 8.56. The number of rotatable bonds is 2. The highest BCUT2D eigenvalue weighted by Crippen LogP contribution is 2.32. The molecular weight excluding hydrogens is 192 g/mol.